The summed E-state index contributed by atoms with van der Waals surface area (Å²) in [5.74, 6) is -1.54. The van der Waals surface area contributed by atoms with Gasteiger partial charge in [-0.1, -0.05) is 0 Å². The predicted molar refractivity (Wildman–Crippen MR) is 58.4 cm³/mol. The van der Waals surface area contributed by atoms with Crippen molar-refractivity contribution in [1.29, 1.82) is 0 Å². The fourth-order valence-corrected chi connectivity index (χ4v) is 1.22. The van der Waals surface area contributed by atoms with E-state index in [4.69, 9.17) is 5.11 Å². The number of non-ortho nitro benzene ring substituents is 1. The van der Waals surface area contributed by atoms with E-state index in [9.17, 15) is 19.3 Å². The minimum absolute atomic E-state index is 0.00425. The van der Waals surface area contributed by atoms with E-state index in [1.807, 2.05) is 0 Å². The third-order valence-corrected chi connectivity index (χ3v) is 2.04. The first kappa shape index (κ1) is 12.9. The molecule has 0 spiro atoms. The van der Waals surface area contributed by atoms with Gasteiger partial charge in [0.2, 0.25) is 0 Å². The van der Waals surface area contributed by atoms with Crippen LogP contribution in [-0.2, 0) is 4.79 Å². The molecule has 0 aliphatic heterocycles. The van der Waals surface area contributed by atoms with Gasteiger partial charge in [0.25, 0.3) is 5.69 Å². The maximum absolute atomic E-state index is 13.2. The quantitative estimate of drug-likeness (QED) is 0.452. The molecule has 0 atom stereocenters. The van der Waals surface area contributed by atoms with Gasteiger partial charge < -0.3 is 10.4 Å². The van der Waals surface area contributed by atoms with Crippen molar-refractivity contribution in [1.82, 2.24) is 0 Å². The van der Waals surface area contributed by atoms with E-state index >= 15 is 0 Å². The van der Waals surface area contributed by atoms with Crippen LogP contribution in [0.1, 0.15) is 12.8 Å². The summed E-state index contributed by atoms with van der Waals surface area (Å²) in [6, 6.07) is 3.14. The molecule has 17 heavy (non-hydrogen) atoms. The van der Waals surface area contributed by atoms with Crippen LogP contribution in [0, 0.1) is 15.9 Å². The molecule has 0 aliphatic carbocycles. The third kappa shape index (κ3) is 4.06. The van der Waals surface area contributed by atoms with Crippen LogP contribution in [0.2, 0.25) is 0 Å². The van der Waals surface area contributed by atoms with Crippen molar-refractivity contribution >= 4 is 17.3 Å². The van der Waals surface area contributed by atoms with Crippen LogP contribution in [0.3, 0.4) is 0 Å². The normalized spacial score (nSPS) is 9.94. The Kier molecular flexibility index (Phi) is 4.38. The van der Waals surface area contributed by atoms with E-state index in [-0.39, 0.29) is 24.3 Å². The van der Waals surface area contributed by atoms with Crippen LogP contribution in [0.15, 0.2) is 18.2 Å². The summed E-state index contributed by atoms with van der Waals surface area (Å²) < 4.78 is 13.2. The van der Waals surface area contributed by atoms with Crippen LogP contribution in [-0.4, -0.2) is 22.5 Å². The van der Waals surface area contributed by atoms with Gasteiger partial charge in [0.15, 0.2) is 0 Å². The summed E-state index contributed by atoms with van der Waals surface area (Å²) in [6.07, 6.45) is 0.279. The lowest BCUT2D eigenvalue weighted by atomic mass is 10.2. The number of rotatable bonds is 6. The number of nitro groups is 1. The van der Waals surface area contributed by atoms with E-state index in [0.29, 0.717) is 6.42 Å². The van der Waals surface area contributed by atoms with Crippen molar-refractivity contribution < 1.29 is 19.2 Å². The Balaban J connectivity index is 2.60. The molecule has 0 heterocycles. The summed E-state index contributed by atoms with van der Waals surface area (Å²) in [5, 5.41) is 21.5. The van der Waals surface area contributed by atoms with Gasteiger partial charge in [0.1, 0.15) is 5.82 Å². The number of nitrogens with zero attached hydrogens (tertiary/aromatic N) is 1. The molecular weight excluding hydrogens is 231 g/mol. The van der Waals surface area contributed by atoms with Gasteiger partial charge in [-0.25, -0.2) is 4.39 Å². The molecule has 0 radical (unpaired) electrons. The minimum atomic E-state index is -0.939. The van der Waals surface area contributed by atoms with E-state index in [0.717, 1.165) is 18.2 Å². The molecule has 92 valence electrons. The molecule has 1 rings (SSSR count). The van der Waals surface area contributed by atoms with Crippen molar-refractivity contribution in [2.24, 2.45) is 0 Å². The van der Waals surface area contributed by atoms with Crippen LogP contribution >= 0.6 is 0 Å². The second kappa shape index (κ2) is 5.78. The fraction of sp³-hybridized carbons (Fsp3) is 0.300. The van der Waals surface area contributed by atoms with Crippen LogP contribution in [0.4, 0.5) is 15.8 Å². The minimum Gasteiger partial charge on any atom is -0.481 e. The van der Waals surface area contributed by atoms with Crippen LogP contribution < -0.4 is 5.32 Å². The average Bonchev–Trinajstić information content (AvgIpc) is 2.25. The SMILES string of the molecule is O=C(O)CCCNc1cc([N+](=O)[O-])ccc1F. The molecule has 0 saturated heterocycles. The van der Waals surface area contributed by atoms with Gasteiger partial charge in [-0.05, 0) is 12.5 Å². The molecule has 0 saturated carbocycles. The molecule has 0 aromatic heterocycles. The van der Waals surface area contributed by atoms with Crippen molar-refractivity contribution in [2.75, 3.05) is 11.9 Å². The molecular formula is C10H11FN2O4. The number of nitro benzene ring substituents is 1. The monoisotopic (exact) mass is 242 g/mol. The van der Waals surface area contributed by atoms with E-state index in [1.165, 1.54) is 0 Å². The van der Waals surface area contributed by atoms with Crippen molar-refractivity contribution in [3.05, 3.63) is 34.1 Å². The van der Waals surface area contributed by atoms with Gasteiger partial charge in [-0.15, -0.1) is 0 Å². The molecule has 6 nitrogen and oxygen atoms in total. The highest BCUT2D eigenvalue weighted by Crippen LogP contribution is 2.21. The Morgan fingerprint density at radius 2 is 2.24 bits per heavy atom. The van der Waals surface area contributed by atoms with Gasteiger partial charge in [-0.3, -0.25) is 14.9 Å². The summed E-state index contributed by atoms with van der Waals surface area (Å²) >= 11 is 0. The maximum atomic E-state index is 13.2. The highest BCUT2D eigenvalue weighted by atomic mass is 19.1. The summed E-state index contributed by atoms with van der Waals surface area (Å²) in [4.78, 5) is 20.1. The Morgan fingerprint density at radius 1 is 1.53 bits per heavy atom. The topological polar surface area (TPSA) is 92.5 Å². The van der Waals surface area contributed by atoms with E-state index in [1.54, 1.807) is 0 Å². The lowest BCUT2D eigenvalue weighted by Gasteiger charge is -2.06. The number of hydrogen-bond acceptors (Lipinski definition) is 4. The molecule has 0 amide bonds. The van der Waals surface area contributed by atoms with Gasteiger partial charge >= 0.3 is 5.97 Å². The second-order valence-electron chi connectivity index (χ2n) is 3.35. The number of carboxylic acids is 1. The third-order valence-electron chi connectivity index (χ3n) is 2.04. The zero-order valence-corrected chi connectivity index (χ0v) is 8.85. The second-order valence-corrected chi connectivity index (χ2v) is 3.35. The first-order valence-electron chi connectivity index (χ1n) is 4.90. The predicted octanol–water partition coefficient (Wildman–Crippen LogP) is 2.01. The summed E-state index contributed by atoms with van der Waals surface area (Å²) in [6.45, 7) is 0.240. The zero-order chi connectivity index (χ0) is 12.8. The number of nitrogens with one attached hydrogen (secondary N) is 1. The molecule has 1 aromatic rings. The molecule has 2 N–H and O–H groups in total. The lowest BCUT2D eigenvalue weighted by Crippen LogP contribution is -2.06. The highest BCUT2D eigenvalue weighted by Gasteiger charge is 2.10. The number of hydrogen-bond donors (Lipinski definition) is 2. The highest BCUT2D eigenvalue weighted by molar-refractivity contribution is 5.66. The molecule has 1 aromatic carbocycles. The Morgan fingerprint density at radius 3 is 2.82 bits per heavy atom. The van der Waals surface area contributed by atoms with Gasteiger partial charge in [0, 0.05) is 25.1 Å². The van der Waals surface area contributed by atoms with Crippen LogP contribution in [0.5, 0.6) is 0 Å². The number of carbonyl (C=O) groups is 1. The van der Waals surface area contributed by atoms with Crippen molar-refractivity contribution in [2.45, 2.75) is 12.8 Å². The molecule has 0 unspecified atom stereocenters. The standard InChI is InChI=1S/C10H11FN2O4/c11-8-4-3-7(13(16)17)6-9(8)12-5-1-2-10(14)15/h3-4,6,12H,1-2,5H2,(H,14,15). The van der Waals surface area contributed by atoms with Gasteiger partial charge in [0.05, 0.1) is 10.6 Å². The Hall–Kier alpha value is -2.18. The number of halogens is 1. The van der Waals surface area contributed by atoms with Gasteiger partial charge in [-0.2, -0.15) is 0 Å². The maximum Gasteiger partial charge on any atom is 0.303 e. The fourth-order valence-electron chi connectivity index (χ4n) is 1.22. The number of anilines is 1. The average molecular weight is 242 g/mol. The molecule has 0 fully saturated rings. The number of aliphatic carboxylic acids is 1. The number of carboxylic acid groups (broad SMARTS) is 1. The number of benzene rings is 1. The Bertz CT molecular complexity index is 436. The van der Waals surface area contributed by atoms with Crippen molar-refractivity contribution in [3.8, 4) is 0 Å². The molecule has 0 bridgehead atoms. The largest absolute Gasteiger partial charge is 0.481 e. The van der Waals surface area contributed by atoms with Crippen LogP contribution in [0.25, 0.3) is 0 Å². The first-order valence-corrected chi connectivity index (χ1v) is 4.90. The lowest BCUT2D eigenvalue weighted by molar-refractivity contribution is -0.384. The molecule has 0 aliphatic rings. The van der Waals surface area contributed by atoms with Crippen molar-refractivity contribution in [3.63, 3.8) is 0 Å². The Labute approximate surface area is 96.2 Å². The first-order chi connectivity index (χ1) is 8.00. The zero-order valence-electron chi connectivity index (χ0n) is 8.85. The van der Waals surface area contributed by atoms with E-state index < -0.39 is 16.7 Å². The summed E-state index contributed by atoms with van der Waals surface area (Å²) in [5.41, 5.74) is -0.211. The summed E-state index contributed by atoms with van der Waals surface area (Å²) in [7, 11) is 0. The smallest absolute Gasteiger partial charge is 0.303 e. The van der Waals surface area contributed by atoms with E-state index in [2.05, 4.69) is 5.32 Å². The molecule has 7 heteroatoms.